The molecule has 0 unspecified atom stereocenters. The minimum atomic E-state index is -0.379. The number of hydrogen-bond acceptors (Lipinski definition) is 6. The number of nitrogens with zero attached hydrogens (tertiary/aromatic N) is 2. The molecule has 0 atom stereocenters. The highest BCUT2D eigenvalue weighted by molar-refractivity contribution is 6.32. The molecule has 0 aliphatic carbocycles. The molecule has 0 aromatic carbocycles. The first-order chi connectivity index (χ1) is 7.67. The molecule has 0 aliphatic rings. The minimum absolute atomic E-state index is 0.00622. The van der Waals surface area contributed by atoms with Gasteiger partial charge in [0.1, 0.15) is 11.6 Å². The lowest BCUT2D eigenvalue weighted by atomic mass is 10.5. The number of halogens is 1. The van der Waals surface area contributed by atoms with E-state index in [0.717, 1.165) is 0 Å². The van der Waals surface area contributed by atoms with Gasteiger partial charge in [0.15, 0.2) is 5.82 Å². The molecule has 0 spiro atoms. The van der Waals surface area contributed by atoms with E-state index in [1.807, 2.05) is 0 Å². The molecule has 0 fully saturated rings. The molecule has 0 aliphatic heterocycles. The largest absolute Gasteiger partial charge is 0.467 e. The van der Waals surface area contributed by atoms with Gasteiger partial charge in [-0.3, -0.25) is 4.79 Å². The number of rotatable bonds is 5. The van der Waals surface area contributed by atoms with Crippen LogP contribution >= 0.6 is 11.6 Å². The maximum absolute atomic E-state index is 11.1. The van der Waals surface area contributed by atoms with Crippen molar-refractivity contribution in [2.75, 3.05) is 25.6 Å². The van der Waals surface area contributed by atoms with Crippen molar-refractivity contribution in [2.24, 2.45) is 0 Å². The van der Waals surface area contributed by atoms with Gasteiger partial charge < -0.3 is 14.8 Å². The molecule has 1 aromatic rings. The summed E-state index contributed by atoms with van der Waals surface area (Å²) in [5, 5.41) is 3.04. The molecule has 0 saturated heterocycles. The number of hydrogen-bond donors (Lipinski definition) is 1. The second-order valence-corrected chi connectivity index (χ2v) is 3.12. The molecule has 1 N–H and O–H groups in total. The molecular formula is C9H12ClN3O3. The number of aromatic nitrogens is 2. The van der Waals surface area contributed by atoms with Crippen LogP contribution in [0.5, 0.6) is 6.01 Å². The number of nitrogens with one attached hydrogen (secondary N) is 1. The van der Waals surface area contributed by atoms with Crippen molar-refractivity contribution < 1.29 is 14.3 Å². The fourth-order valence-corrected chi connectivity index (χ4v) is 1.10. The van der Waals surface area contributed by atoms with Gasteiger partial charge in [0.25, 0.3) is 0 Å². The monoisotopic (exact) mass is 245 g/mol. The first kappa shape index (κ1) is 12.5. The zero-order valence-electron chi connectivity index (χ0n) is 8.99. The van der Waals surface area contributed by atoms with E-state index in [1.54, 1.807) is 6.92 Å². The topological polar surface area (TPSA) is 73.3 Å². The van der Waals surface area contributed by atoms with E-state index in [4.69, 9.17) is 21.1 Å². The Kier molecular flexibility index (Phi) is 4.78. The summed E-state index contributed by atoms with van der Waals surface area (Å²) in [5.41, 5.74) is 0. The average molecular weight is 246 g/mol. The highest BCUT2D eigenvalue weighted by atomic mass is 35.5. The van der Waals surface area contributed by atoms with Crippen LogP contribution in [0.4, 0.5) is 5.82 Å². The van der Waals surface area contributed by atoms with E-state index < -0.39 is 0 Å². The summed E-state index contributed by atoms with van der Waals surface area (Å²) in [6.07, 6.45) is 1.39. The lowest BCUT2D eigenvalue weighted by Gasteiger charge is -2.07. The number of carbonyl (C=O) groups is 1. The SMILES string of the molecule is CCOC(=O)CNc1nc(OC)ncc1Cl. The Morgan fingerprint density at radius 1 is 1.62 bits per heavy atom. The zero-order valence-corrected chi connectivity index (χ0v) is 9.74. The molecule has 0 saturated carbocycles. The maximum atomic E-state index is 11.1. The fraction of sp³-hybridized carbons (Fsp3) is 0.444. The van der Waals surface area contributed by atoms with Gasteiger partial charge in [-0.1, -0.05) is 11.6 Å². The fourth-order valence-electron chi connectivity index (χ4n) is 0.941. The number of methoxy groups -OCH3 is 1. The van der Waals surface area contributed by atoms with Crippen molar-refractivity contribution in [1.29, 1.82) is 0 Å². The summed E-state index contributed by atoms with van der Waals surface area (Å²) in [4.78, 5) is 18.8. The lowest BCUT2D eigenvalue weighted by Crippen LogP contribution is -2.17. The van der Waals surface area contributed by atoms with Gasteiger partial charge in [-0.15, -0.1) is 0 Å². The number of carbonyl (C=O) groups excluding carboxylic acids is 1. The molecule has 0 radical (unpaired) electrons. The first-order valence-electron chi connectivity index (χ1n) is 4.63. The number of anilines is 1. The molecule has 88 valence electrons. The van der Waals surface area contributed by atoms with Gasteiger partial charge in [-0.25, -0.2) is 4.98 Å². The van der Waals surface area contributed by atoms with E-state index >= 15 is 0 Å². The van der Waals surface area contributed by atoms with Crippen LogP contribution in [0.1, 0.15) is 6.92 Å². The third kappa shape index (κ3) is 3.54. The van der Waals surface area contributed by atoms with Crippen LogP contribution in [0.15, 0.2) is 6.20 Å². The zero-order chi connectivity index (χ0) is 12.0. The van der Waals surface area contributed by atoms with E-state index in [9.17, 15) is 4.79 Å². The summed E-state index contributed by atoms with van der Waals surface area (Å²) in [5.74, 6) is -0.0438. The van der Waals surface area contributed by atoms with Crippen LogP contribution in [-0.4, -0.2) is 36.2 Å². The average Bonchev–Trinajstić information content (AvgIpc) is 2.28. The summed E-state index contributed by atoms with van der Waals surface area (Å²) in [6.45, 7) is 2.06. The second kappa shape index (κ2) is 6.12. The summed E-state index contributed by atoms with van der Waals surface area (Å²) >= 11 is 5.82. The van der Waals surface area contributed by atoms with E-state index in [-0.39, 0.29) is 18.5 Å². The van der Waals surface area contributed by atoms with Gasteiger partial charge in [0.05, 0.1) is 19.9 Å². The third-order valence-electron chi connectivity index (χ3n) is 1.61. The molecular weight excluding hydrogens is 234 g/mol. The number of ether oxygens (including phenoxy) is 2. The molecule has 0 amide bonds. The highest BCUT2D eigenvalue weighted by Crippen LogP contribution is 2.19. The van der Waals surface area contributed by atoms with Crippen molar-refractivity contribution in [1.82, 2.24) is 9.97 Å². The van der Waals surface area contributed by atoms with E-state index in [0.29, 0.717) is 17.4 Å². The standard InChI is InChI=1S/C9H12ClN3O3/c1-3-16-7(14)5-11-8-6(10)4-12-9(13-8)15-2/h4H,3,5H2,1-2H3,(H,11,12,13). The molecule has 1 rings (SSSR count). The Morgan fingerprint density at radius 3 is 3.00 bits per heavy atom. The summed E-state index contributed by atoms with van der Waals surface area (Å²) < 4.78 is 9.57. The van der Waals surface area contributed by atoms with Crippen molar-refractivity contribution in [3.05, 3.63) is 11.2 Å². The minimum Gasteiger partial charge on any atom is -0.467 e. The van der Waals surface area contributed by atoms with Crippen LogP contribution in [0.25, 0.3) is 0 Å². The normalized spacial score (nSPS) is 9.69. The smallest absolute Gasteiger partial charge is 0.325 e. The Balaban J connectivity index is 2.62. The Morgan fingerprint density at radius 2 is 2.38 bits per heavy atom. The number of esters is 1. The molecule has 0 bridgehead atoms. The van der Waals surface area contributed by atoms with Gasteiger partial charge >= 0.3 is 12.0 Å². The quantitative estimate of drug-likeness (QED) is 0.784. The van der Waals surface area contributed by atoms with E-state index in [2.05, 4.69) is 15.3 Å². The molecule has 1 aromatic heterocycles. The maximum Gasteiger partial charge on any atom is 0.325 e. The van der Waals surface area contributed by atoms with E-state index in [1.165, 1.54) is 13.3 Å². The Hall–Kier alpha value is -1.56. The van der Waals surface area contributed by atoms with Crippen LogP contribution in [0.2, 0.25) is 5.02 Å². The predicted molar refractivity (Wildman–Crippen MR) is 58.7 cm³/mol. The van der Waals surface area contributed by atoms with Gasteiger partial charge in [0.2, 0.25) is 0 Å². The van der Waals surface area contributed by atoms with Crippen molar-refractivity contribution >= 4 is 23.4 Å². The molecule has 16 heavy (non-hydrogen) atoms. The summed E-state index contributed by atoms with van der Waals surface area (Å²) in [6, 6.07) is 0.177. The van der Waals surface area contributed by atoms with Gasteiger partial charge in [-0.2, -0.15) is 4.98 Å². The van der Waals surface area contributed by atoms with Gasteiger partial charge in [0, 0.05) is 0 Å². The van der Waals surface area contributed by atoms with Crippen LogP contribution < -0.4 is 10.1 Å². The van der Waals surface area contributed by atoms with Crippen molar-refractivity contribution in [3.8, 4) is 6.01 Å². The van der Waals surface area contributed by atoms with Crippen molar-refractivity contribution in [3.63, 3.8) is 0 Å². The Bertz CT molecular complexity index is 373. The lowest BCUT2D eigenvalue weighted by molar-refractivity contribution is -0.140. The molecule has 1 heterocycles. The van der Waals surface area contributed by atoms with Crippen LogP contribution in [0, 0.1) is 0 Å². The highest BCUT2D eigenvalue weighted by Gasteiger charge is 2.07. The first-order valence-corrected chi connectivity index (χ1v) is 5.01. The third-order valence-corrected chi connectivity index (χ3v) is 1.89. The van der Waals surface area contributed by atoms with Crippen LogP contribution in [0.3, 0.4) is 0 Å². The van der Waals surface area contributed by atoms with Crippen LogP contribution in [-0.2, 0) is 9.53 Å². The predicted octanol–water partition coefficient (Wildman–Crippen LogP) is 1.11. The van der Waals surface area contributed by atoms with Gasteiger partial charge in [-0.05, 0) is 6.92 Å². The molecule has 6 nitrogen and oxygen atoms in total. The second-order valence-electron chi connectivity index (χ2n) is 2.71. The Labute approximate surface area is 97.9 Å². The molecule has 7 heteroatoms. The van der Waals surface area contributed by atoms with Crippen molar-refractivity contribution in [2.45, 2.75) is 6.92 Å². The summed E-state index contributed by atoms with van der Waals surface area (Å²) in [7, 11) is 1.44.